The molecule has 2 amide bonds. The zero-order chi connectivity index (χ0) is 18.7. The minimum absolute atomic E-state index is 0.0944. The van der Waals surface area contributed by atoms with Gasteiger partial charge in [-0.1, -0.05) is 27.7 Å². The fourth-order valence-electron chi connectivity index (χ4n) is 3.38. The predicted octanol–water partition coefficient (Wildman–Crippen LogP) is -0.403. The number of carbonyl (C=O) groups is 3. The van der Waals surface area contributed by atoms with Gasteiger partial charge in [0.15, 0.2) is 0 Å². The minimum atomic E-state index is -1.27. The van der Waals surface area contributed by atoms with Gasteiger partial charge in [-0.2, -0.15) is 0 Å². The van der Waals surface area contributed by atoms with Gasteiger partial charge in [0.05, 0.1) is 19.1 Å². The van der Waals surface area contributed by atoms with Crippen molar-refractivity contribution >= 4 is 17.8 Å². The summed E-state index contributed by atoms with van der Waals surface area (Å²) in [6.45, 7) is 7.69. The Hall–Kier alpha value is -1.67. The Balaban J connectivity index is 2.73. The van der Waals surface area contributed by atoms with Gasteiger partial charge in [-0.25, -0.2) is 0 Å². The van der Waals surface area contributed by atoms with Gasteiger partial charge in [0.25, 0.3) is 0 Å². The Morgan fingerprint density at radius 1 is 1.12 bits per heavy atom. The molecule has 1 aliphatic rings. The van der Waals surface area contributed by atoms with Crippen LogP contribution in [0, 0.1) is 10.8 Å². The first kappa shape index (κ1) is 20.4. The van der Waals surface area contributed by atoms with Crippen molar-refractivity contribution in [3.8, 4) is 0 Å². The van der Waals surface area contributed by atoms with Crippen LogP contribution in [0.4, 0.5) is 0 Å². The molecule has 0 aromatic heterocycles. The first-order valence-corrected chi connectivity index (χ1v) is 8.09. The zero-order valence-electron chi connectivity index (χ0n) is 14.8. The van der Waals surface area contributed by atoms with Crippen LogP contribution in [0.5, 0.6) is 0 Å². The third-order valence-corrected chi connectivity index (χ3v) is 4.81. The molecule has 6 N–H and O–H groups in total. The molecule has 0 aliphatic heterocycles. The minimum Gasteiger partial charge on any atom is -0.481 e. The first-order chi connectivity index (χ1) is 10.9. The second-order valence-corrected chi connectivity index (χ2v) is 7.87. The lowest BCUT2D eigenvalue weighted by Crippen LogP contribution is -2.58. The van der Waals surface area contributed by atoms with Crippen molar-refractivity contribution in [3.63, 3.8) is 0 Å². The van der Waals surface area contributed by atoms with Crippen LogP contribution in [0.25, 0.3) is 0 Å². The highest BCUT2D eigenvalue weighted by atomic mass is 16.4. The van der Waals surface area contributed by atoms with E-state index in [1.807, 2.05) is 0 Å². The van der Waals surface area contributed by atoms with E-state index in [1.54, 1.807) is 0 Å². The maximum atomic E-state index is 12.4. The van der Waals surface area contributed by atoms with Crippen molar-refractivity contribution in [2.45, 2.75) is 65.1 Å². The standard InChI is InChI=1S/C16H29N3O5/c1-15(2)5-6-16(3,4)14(15)19-13(24)10(8-20)18-12(23)9(17)7-11(21)22/h9-10,14,20H,5-8,17H2,1-4H3,(H,18,23)(H,19,24)(H,21,22)/t9-,10+/m0/s1. The average Bonchev–Trinajstić information content (AvgIpc) is 2.66. The van der Waals surface area contributed by atoms with E-state index in [-0.39, 0.29) is 16.9 Å². The van der Waals surface area contributed by atoms with E-state index in [9.17, 15) is 19.5 Å². The molecule has 0 spiro atoms. The number of carboxylic acids is 1. The van der Waals surface area contributed by atoms with Crippen molar-refractivity contribution in [2.75, 3.05) is 6.61 Å². The zero-order valence-corrected chi connectivity index (χ0v) is 14.8. The summed E-state index contributed by atoms with van der Waals surface area (Å²) in [7, 11) is 0. The van der Waals surface area contributed by atoms with E-state index in [0.717, 1.165) is 12.8 Å². The number of nitrogens with two attached hydrogens (primary N) is 1. The molecule has 2 atom stereocenters. The maximum Gasteiger partial charge on any atom is 0.305 e. The number of carbonyl (C=O) groups excluding carboxylic acids is 2. The molecule has 0 unspecified atom stereocenters. The highest BCUT2D eigenvalue weighted by molar-refractivity contribution is 5.91. The Bertz CT molecular complexity index is 488. The molecular formula is C16H29N3O5. The van der Waals surface area contributed by atoms with Gasteiger partial charge in [0.1, 0.15) is 6.04 Å². The summed E-state index contributed by atoms with van der Waals surface area (Å²) < 4.78 is 0. The lowest BCUT2D eigenvalue weighted by molar-refractivity contribution is -0.139. The quantitative estimate of drug-likeness (QED) is 0.426. The molecule has 24 heavy (non-hydrogen) atoms. The van der Waals surface area contributed by atoms with Gasteiger partial charge in [0.2, 0.25) is 11.8 Å². The summed E-state index contributed by atoms with van der Waals surface area (Å²) in [6, 6.07) is -2.54. The molecule has 138 valence electrons. The van der Waals surface area contributed by atoms with Crippen molar-refractivity contribution in [1.82, 2.24) is 10.6 Å². The van der Waals surface area contributed by atoms with Crippen LogP contribution < -0.4 is 16.4 Å². The Kier molecular flexibility index (Phi) is 6.35. The van der Waals surface area contributed by atoms with E-state index in [4.69, 9.17) is 10.8 Å². The van der Waals surface area contributed by atoms with Crippen molar-refractivity contribution in [3.05, 3.63) is 0 Å². The fraction of sp³-hybridized carbons (Fsp3) is 0.812. The third kappa shape index (κ3) is 4.91. The molecule has 0 bridgehead atoms. The molecular weight excluding hydrogens is 314 g/mol. The van der Waals surface area contributed by atoms with Crippen LogP contribution in [-0.4, -0.2) is 52.7 Å². The van der Waals surface area contributed by atoms with Gasteiger partial charge in [-0.15, -0.1) is 0 Å². The molecule has 8 nitrogen and oxygen atoms in total. The topological polar surface area (TPSA) is 142 Å². The summed E-state index contributed by atoms with van der Waals surface area (Å²) in [5.74, 6) is -2.49. The van der Waals surface area contributed by atoms with E-state index in [1.165, 1.54) is 0 Å². The molecule has 0 saturated heterocycles. The number of hydrogen-bond donors (Lipinski definition) is 5. The summed E-state index contributed by atoms with van der Waals surface area (Å²) in [5, 5.41) is 23.3. The van der Waals surface area contributed by atoms with Gasteiger partial charge in [-0.05, 0) is 23.7 Å². The van der Waals surface area contributed by atoms with Crippen LogP contribution in [0.2, 0.25) is 0 Å². The Labute approximate surface area is 142 Å². The van der Waals surface area contributed by atoms with Crippen LogP contribution in [0.3, 0.4) is 0 Å². The van der Waals surface area contributed by atoms with Crippen molar-refractivity contribution in [2.24, 2.45) is 16.6 Å². The van der Waals surface area contributed by atoms with E-state index < -0.39 is 42.9 Å². The van der Waals surface area contributed by atoms with Gasteiger partial charge >= 0.3 is 5.97 Å². The summed E-state index contributed by atoms with van der Waals surface area (Å²) in [5.41, 5.74) is 5.28. The molecule has 8 heteroatoms. The SMILES string of the molecule is CC1(C)CCC(C)(C)C1NC(=O)[C@@H](CO)NC(=O)[C@@H](N)CC(=O)O. The number of aliphatic carboxylic acids is 1. The van der Waals surface area contributed by atoms with Gasteiger partial charge in [0, 0.05) is 6.04 Å². The summed E-state index contributed by atoms with van der Waals surface area (Å²) >= 11 is 0. The largest absolute Gasteiger partial charge is 0.481 e. The monoisotopic (exact) mass is 343 g/mol. The number of aliphatic hydroxyl groups is 1. The number of carboxylic acid groups (broad SMARTS) is 1. The number of nitrogens with one attached hydrogen (secondary N) is 2. The summed E-state index contributed by atoms with van der Waals surface area (Å²) in [6.07, 6.45) is 1.38. The van der Waals surface area contributed by atoms with Crippen LogP contribution >= 0.6 is 0 Å². The van der Waals surface area contributed by atoms with E-state index in [0.29, 0.717) is 0 Å². The molecule has 1 rings (SSSR count). The normalized spacial score (nSPS) is 21.8. The number of aliphatic hydroxyl groups excluding tert-OH is 1. The highest BCUT2D eigenvalue weighted by Crippen LogP contribution is 2.48. The molecule has 0 aromatic rings. The van der Waals surface area contributed by atoms with Gasteiger partial charge in [-0.3, -0.25) is 14.4 Å². The maximum absolute atomic E-state index is 12.4. The average molecular weight is 343 g/mol. The Morgan fingerprint density at radius 2 is 1.62 bits per heavy atom. The summed E-state index contributed by atoms with van der Waals surface area (Å²) in [4.78, 5) is 34.9. The Morgan fingerprint density at radius 3 is 2.04 bits per heavy atom. The third-order valence-electron chi connectivity index (χ3n) is 4.81. The number of hydrogen-bond acceptors (Lipinski definition) is 5. The predicted molar refractivity (Wildman–Crippen MR) is 88.0 cm³/mol. The van der Waals surface area contributed by atoms with Crippen LogP contribution in [-0.2, 0) is 14.4 Å². The molecule has 0 radical (unpaired) electrons. The molecule has 1 fully saturated rings. The molecule has 1 saturated carbocycles. The lowest BCUT2D eigenvalue weighted by Gasteiger charge is -2.37. The number of amides is 2. The van der Waals surface area contributed by atoms with E-state index in [2.05, 4.69) is 38.3 Å². The lowest BCUT2D eigenvalue weighted by atomic mass is 9.78. The molecule has 0 heterocycles. The second kappa shape index (κ2) is 7.48. The smallest absolute Gasteiger partial charge is 0.305 e. The molecule has 0 aromatic carbocycles. The number of rotatable bonds is 7. The van der Waals surface area contributed by atoms with Crippen molar-refractivity contribution < 1.29 is 24.6 Å². The highest BCUT2D eigenvalue weighted by Gasteiger charge is 2.48. The van der Waals surface area contributed by atoms with Crippen molar-refractivity contribution in [1.29, 1.82) is 0 Å². The van der Waals surface area contributed by atoms with Gasteiger partial charge < -0.3 is 26.6 Å². The van der Waals surface area contributed by atoms with Crippen LogP contribution in [0.1, 0.15) is 47.0 Å². The second-order valence-electron chi connectivity index (χ2n) is 7.87. The first-order valence-electron chi connectivity index (χ1n) is 8.09. The molecule has 1 aliphatic carbocycles. The van der Waals surface area contributed by atoms with Crippen LogP contribution in [0.15, 0.2) is 0 Å². The van der Waals surface area contributed by atoms with E-state index >= 15 is 0 Å². The fourth-order valence-corrected chi connectivity index (χ4v) is 3.38.